The fourth-order valence-electron chi connectivity index (χ4n) is 2.11. The lowest BCUT2D eigenvalue weighted by Gasteiger charge is -2.18. The average Bonchev–Trinajstić information content (AvgIpc) is 2.58. The van der Waals surface area contributed by atoms with Crippen LogP contribution in [0.3, 0.4) is 0 Å². The van der Waals surface area contributed by atoms with Gasteiger partial charge in [0, 0.05) is 17.3 Å². The maximum absolute atomic E-state index is 10.2. The quantitative estimate of drug-likeness (QED) is 0.550. The van der Waals surface area contributed by atoms with Crippen molar-refractivity contribution in [3.63, 3.8) is 0 Å². The Kier molecular flexibility index (Phi) is 7.50. The van der Waals surface area contributed by atoms with Gasteiger partial charge >= 0.3 is 0 Å². The van der Waals surface area contributed by atoms with E-state index in [0.717, 1.165) is 5.75 Å². The first kappa shape index (κ1) is 17.1. The maximum Gasteiger partial charge on any atom is 0.0716 e. The molecule has 22 heavy (non-hydrogen) atoms. The largest absolute Gasteiger partial charge is 0.393 e. The number of benzene rings is 2. The zero-order chi connectivity index (χ0) is 15.6. The van der Waals surface area contributed by atoms with Gasteiger partial charge in [0.1, 0.15) is 0 Å². The fourth-order valence-corrected chi connectivity index (χ4v) is 3.14. The Labute approximate surface area is 137 Å². The minimum atomic E-state index is -0.313. The van der Waals surface area contributed by atoms with E-state index in [2.05, 4.69) is 31.2 Å². The van der Waals surface area contributed by atoms with Gasteiger partial charge < -0.3 is 9.84 Å². The summed E-state index contributed by atoms with van der Waals surface area (Å²) in [5, 5.41) is 10.2. The molecule has 2 rings (SSSR count). The summed E-state index contributed by atoms with van der Waals surface area (Å²) in [5.41, 5.74) is 1.17. The topological polar surface area (TPSA) is 29.5 Å². The first-order valence-corrected chi connectivity index (χ1v) is 8.72. The van der Waals surface area contributed by atoms with Crippen LogP contribution in [0.25, 0.3) is 0 Å². The molecule has 1 N–H and O–H groups in total. The van der Waals surface area contributed by atoms with Crippen molar-refractivity contribution in [2.24, 2.45) is 5.92 Å². The molecular formula is C19H24O2S. The number of aliphatic hydroxyl groups excluding tert-OH is 1. The zero-order valence-electron chi connectivity index (χ0n) is 13.0. The van der Waals surface area contributed by atoms with Crippen molar-refractivity contribution in [3.05, 3.63) is 66.2 Å². The summed E-state index contributed by atoms with van der Waals surface area (Å²) < 4.78 is 5.64. The van der Waals surface area contributed by atoms with Crippen LogP contribution in [0, 0.1) is 5.92 Å². The summed E-state index contributed by atoms with van der Waals surface area (Å²) in [6.45, 7) is 3.30. The maximum atomic E-state index is 10.2. The average molecular weight is 316 g/mol. The second kappa shape index (κ2) is 9.67. The predicted octanol–water partition coefficient (Wildman–Crippen LogP) is 4.38. The summed E-state index contributed by atoms with van der Waals surface area (Å²) in [6, 6.07) is 20.4. The highest BCUT2D eigenvalue weighted by atomic mass is 32.2. The Morgan fingerprint density at radius 1 is 1.00 bits per heavy atom. The van der Waals surface area contributed by atoms with E-state index in [1.165, 1.54) is 10.5 Å². The van der Waals surface area contributed by atoms with E-state index < -0.39 is 0 Å². The Hall–Kier alpha value is -1.29. The smallest absolute Gasteiger partial charge is 0.0716 e. The Morgan fingerprint density at radius 2 is 1.64 bits per heavy atom. The van der Waals surface area contributed by atoms with Crippen LogP contribution in [0.5, 0.6) is 0 Å². The molecule has 0 amide bonds. The summed E-state index contributed by atoms with van der Waals surface area (Å²) in [6.07, 6.45) is 0.371. The van der Waals surface area contributed by atoms with Crippen LogP contribution in [0.2, 0.25) is 0 Å². The summed E-state index contributed by atoms with van der Waals surface area (Å²) >= 11 is 1.79. The molecule has 0 aliphatic carbocycles. The van der Waals surface area contributed by atoms with Crippen LogP contribution >= 0.6 is 11.8 Å². The number of ether oxygens (including phenoxy) is 1. The van der Waals surface area contributed by atoms with Crippen molar-refractivity contribution in [3.8, 4) is 0 Å². The SMILES string of the molecule is C[C@@H](CSc1ccccc1)[C@@H](O)CCOCc1ccccc1. The van der Waals surface area contributed by atoms with Crippen LogP contribution in [-0.4, -0.2) is 23.6 Å². The van der Waals surface area contributed by atoms with Crippen LogP contribution in [0.15, 0.2) is 65.6 Å². The standard InChI is InChI=1S/C19H24O2S/c1-16(15-22-18-10-6-3-7-11-18)19(20)12-13-21-14-17-8-4-2-5-9-17/h2-11,16,19-20H,12-15H2,1H3/t16-,19-/m0/s1. The van der Waals surface area contributed by atoms with E-state index in [-0.39, 0.29) is 12.0 Å². The van der Waals surface area contributed by atoms with Gasteiger partial charge in [0.25, 0.3) is 0 Å². The Bertz CT molecular complexity index is 515. The second-order valence-electron chi connectivity index (χ2n) is 5.50. The second-order valence-corrected chi connectivity index (χ2v) is 6.59. The van der Waals surface area contributed by atoms with Gasteiger partial charge in [-0.1, -0.05) is 55.5 Å². The summed E-state index contributed by atoms with van der Waals surface area (Å²) in [5.74, 6) is 1.18. The van der Waals surface area contributed by atoms with Crippen molar-refractivity contribution in [1.82, 2.24) is 0 Å². The van der Waals surface area contributed by atoms with Gasteiger partial charge in [0.05, 0.1) is 12.7 Å². The summed E-state index contributed by atoms with van der Waals surface area (Å²) in [7, 11) is 0. The fraction of sp³-hybridized carbons (Fsp3) is 0.368. The summed E-state index contributed by atoms with van der Waals surface area (Å²) in [4.78, 5) is 1.25. The Morgan fingerprint density at radius 3 is 2.32 bits per heavy atom. The normalized spacial score (nSPS) is 13.7. The first-order valence-electron chi connectivity index (χ1n) is 7.73. The van der Waals surface area contributed by atoms with Crippen LogP contribution in [0.4, 0.5) is 0 Å². The molecular weight excluding hydrogens is 292 g/mol. The van der Waals surface area contributed by atoms with Gasteiger partial charge in [-0.3, -0.25) is 0 Å². The molecule has 2 aromatic rings. The molecule has 3 heteroatoms. The highest BCUT2D eigenvalue weighted by Crippen LogP contribution is 2.22. The third-order valence-electron chi connectivity index (χ3n) is 3.58. The molecule has 2 aromatic carbocycles. The van der Waals surface area contributed by atoms with Gasteiger partial charge in [0.15, 0.2) is 0 Å². The molecule has 0 heterocycles. The van der Waals surface area contributed by atoms with E-state index in [9.17, 15) is 5.11 Å². The zero-order valence-corrected chi connectivity index (χ0v) is 13.8. The molecule has 0 bridgehead atoms. The third-order valence-corrected chi connectivity index (χ3v) is 4.88. The van der Waals surface area contributed by atoms with E-state index in [1.807, 2.05) is 36.4 Å². The molecule has 0 saturated heterocycles. The molecule has 0 aromatic heterocycles. The van der Waals surface area contributed by atoms with Gasteiger partial charge in [-0.05, 0) is 30.0 Å². The molecule has 2 nitrogen and oxygen atoms in total. The van der Waals surface area contributed by atoms with Crippen molar-refractivity contribution >= 4 is 11.8 Å². The lowest BCUT2D eigenvalue weighted by atomic mass is 10.1. The number of rotatable bonds is 9. The third kappa shape index (κ3) is 6.22. The molecule has 118 valence electrons. The molecule has 0 fully saturated rings. The van der Waals surface area contributed by atoms with E-state index in [4.69, 9.17) is 4.74 Å². The van der Waals surface area contributed by atoms with Gasteiger partial charge in [-0.15, -0.1) is 11.8 Å². The van der Waals surface area contributed by atoms with E-state index >= 15 is 0 Å². The molecule has 0 saturated carbocycles. The van der Waals surface area contributed by atoms with Crippen molar-refractivity contribution in [2.75, 3.05) is 12.4 Å². The molecule has 0 radical (unpaired) electrons. The van der Waals surface area contributed by atoms with Gasteiger partial charge in [-0.2, -0.15) is 0 Å². The number of hydrogen-bond acceptors (Lipinski definition) is 3. The lowest BCUT2D eigenvalue weighted by molar-refractivity contribution is 0.0544. The molecule has 0 spiro atoms. The molecule has 0 aliphatic rings. The molecule has 2 atom stereocenters. The number of aliphatic hydroxyl groups is 1. The van der Waals surface area contributed by atoms with Crippen molar-refractivity contribution < 1.29 is 9.84 Å². The lowest BCUT2D eigenvalue weighted by Crippen LogP contribution is -2.21. The minimum absolute atomic E-state index is 0.255. The van der Waals surface area contributed by atoms with Gasteiger partial charge in [-0.25, -0.2) is 0 Å². The molecule has 0 unspecified atom stereocenters. The highest BCUT2D eigenvalue weighted by molar-refractivity contribution is 7.99. The Balaban J connectivity index is 1.61. The predicted molar refractivity (Wildman–Crippen MR) is 93.1 cm³/mol. The van der Waals surface area contributed by atoms with E-state index in [1.54, 1.807) is 11.8 Å². The van der Waals surface area contributed by atoms with Crippen LogP contribution in [0.1, 0.15) is 18.9 Å². The minimum Gasteiger partial charge on any atom is -0.393 e. The monoisotopic (exact) mass is 316 g/mol. The number of hydrogen-bond donors (Lipinski definition) is 1. The van der Waals surface area contributed by atoms with Crippen molar-refractivity contribution in [1.29, 1.82) is 0 Å². The van der Waals surface area contributed by atoms with Crippen LogP contribution in [-0.2, 0) is 11.3 Å². The number of thioether (sulfide) groups is 1. The van der Waals surface area contributed by atoms with Crippen LogP contribution < -0.4 is 0 Å². The molecule has 0 aliphatic heterocycles. The highest BCUT2D eigenvalue weighted by Gasteiger charge is 2.14. The first-order chi connectivity index (χ1) is 10.8. The van der Waals surface area contributed by atoms with Gasteiger partial charge in [0.2, 0.25) is 0 Å². The van der Waals surface area contributed by atoms with Crippen molar-refractivity contribution in [2.45, 2.75) is 31.0 Å². The van der Waals surface area contributed by atoms with E-state index in [0.29, 0.717) is 19.6 Å².